The number of ether oxygens (including phenoxy) is 1. The molecule has 0 aliphatic carbocycles. The molecule has 0 aliphatic rings. The molecule has 2 N–H and O–H groups in total. The van der Waals surface area contributed by atoms with Gasteiger partial charge in [0.15, 0.2) is 0 Å². The smallest absolute Gasteiger partial charge is 0.131 e. The van der Waals surface area contributed by atoms with Gasteiger partial charge in [0.1, 0.15) is 18.2 Å². The number of hydrogen-bond acceptors (Lipinski definition) is 4. The van der Waals surface area contributed by atoms with E-state index in [0.29, 0.717) is 17.9 Å². The van der Waals surface area contributed by atoms with Gasteiger partial charge in [-0.2, -0.15) is 0 Å². The molecular formula is C13H15FN2OS. The third kappa shape index (κ3) is 3.05. The SMILES string of the molecule is Cc1nc(COc2ccc(F)cc2[C@H](C)N)cs1. The van der Waals surface area contributed by atoms with Gasteiger partial charge < -0.3 is 10.5 Å². The first kappa shape index (κ1) is 13.0. The molecule has 0 aliphatic heterocycles. The molecule has 3 nitrogen and oxygen atoms in total. The minimum atomic E-state index is -0.306. The number of rotatable bonds is 4. The van der Waals surface area contributed by atoms with Crippen molar-refractivity contribution in [3.05, 3.63) is 45.7 Å². The van der Waals surface area contributed by atoms with Crippen molar-refractivity contribution in [3.63, 3.8) is 0 Å². The van der Waals surface area contributed by atoms with Crippen LogP contribution in [-0.4, -0.2) is 4.98 Å². The topological polar surface area (TPSA) is 48.1 Å². The van der Waals surface area contributed by atoms with Crippen LogP contribution in [0.5, 0.6) is 5.75 Å². The maximum absolute atomic E-state index is 13.2. The first-order chi connectivity index (χ1) is 8.56. The maximum atomic E-state index is 13.2. The van der Waals surface area contributed by atoms with E-state index in [1.807, 2.05) is 12.3 Å². The molecular weight excluding hydrogens is 251 g/mol. The molecule has 1 atom stereocenters. The lowest BCUT2D eigenvalue weighted by Gasteiger charge is -2.13. The second-order valence-electron chi connectivity index (χ2n) is 4.12. The van der Waals surface area contributed by atoms with Crippen LogP contribution in [0.15, 0.2) is 23.6 Å². The van der Waals surface area contributed by atoms with Gasteiger partial charge in [0.2, 0.25) is 0 Å². The molecule has 0 fully saturated rings. The summed E-state index contributed by atoms with van der Waals surface area (Å²) in [6.07, 6.45) is 0. The summed E-state index contributed by atoms with van der Waals surface area (Å²) in [4.78, 5) is 4.31. The Balaban J connectivity index is 2.13. The van der Waals surface area contributed by atoms with Crippen molar-refractivity contribution < 1.29 is 9.13 Å². The van der Waals surface area contributed by atoms with Crippen LogP contribution >= 0.6 is 11.3 Å². The Morgan fingerprint density at radius 1 is 1.50 bits per heavy atom. The van der Waals surface area contributed by atoms with Crippen LogP contribution in [0.3, 0.4) is 0 Å². The molecule has 1 aromatic heterocycles. The van der Waals surface area contributed by atoms with Gasteiger partial charge in [0.05, 0.1) is 10.7 Å². The lowest BCUT2D eigenvalue weighted by Crippen LogP contribution is -2.08. The number of aryl methyl sites for hydroxylation is 1. The van der Waals surface area contributed by atoms with Gasteiger partial charge in [0.25, 0.3) is 0 Å². The summed E-state index contributed by atoms with van der Waals surface area (Å²) in [7, 11) is 0. The maximum Gasteiger partial charge on any atom is 0.131 e. The summed E-state index contributed by atoms with van der Waals surface area (Å²) in [5.41, 5.74) is 7.34. The number of aromatic nitrogens is 1. The van der Waals surface area contributed by atoms with Crippen LogP contribution < -0.4 is 10.5 Å². The third-order valence-corrected chi connectivity index (χ3v) is 3.33. The van der Waals surface area contributed by atoms with Crippen molar-refractivity contribution in [2.24, 2.45) is 5.73 Å². The number of thiazole rings is 1. The largest absolute Gasteiger partial charge is 0.487 e. The van der Waals surface area contributed by atoms with E-state index in [4.69, 9.17) is 10.5 Å². The predicted molar refractivity (Wildman–Crippen MR) is 70.2 cm³/mol. The average molecular weight is 266 g/mol. The fraction of sp³-hybridized carbons (Fsp3) is 0.308. The zero-order chi connectivity index (χ0) is 13.1. The molecule has 2 aromatic rings. The van der Waals surface area contributed by atoms with Crippen molar-refractivity contribution >= 4 is 11.3 Å². The number of halogens is 1. The lowest BCUT2D eigenvalue weighted by molar-refractivity contribution is 0.297. The summed E-state index contributed by atoms with van der Waals surface area (Å²) < 4.78 is 18.8. The highest BCUT2D eigenvalue weighted by atomic mass is 32.1. The Labute approximate surface area is 109 Å². The number of hydrogen-bond donors (Lipinski definition) is 1. The Morgan fingerprint density at radius 3 is 2.89 bits per heavy atom. The average Bonchev–Trinajstić information content (AvgIpc) is 2.73. The van der Waals surface area contributed by atoms with E-state index >= 15 is 0 Å². The van der Waals surface area contributed by atoms with E-state index in [0.717, 1.165) is 10.7 Å². The minimum absolute atomic E-state index is 0.270. The molecule has 0 saturated carbocycles. The molecule has 1 heterocycles. The van der Waals surface area contributed by atoms with Crippen LogP contribution in [0.25, 0.3) is 0 Å². The van der Waals surface area contributed by atoms with Crippen molar-refractivity contribution in [2.75, 3.05) is 0 Å². The molecule has 0 unspecified atom stereocenters. The van der Waals surface area contributed by atoms with Gasteiger partial charge in [-0.25, -0.2) is 9.37 Å². The highest BCUT2D eigenvalue weighted by molar-refractivity contribution is 7.09. The fourth-order valence-electron chi connectivity index (χ4n) is 1.63. The van der Waals surface area contributed by atoms with E-state index < -0.39 is 0 Å². The summed E-state index contributed by atoms with van der Waals surface area (Å²) >= 11 is 1.58. The highest BCUT2D eigenvalue weighted by Crippen LogP contribution is 2.25. The Hall–Kier alpha value is -1.46. The summed E-state index contributed by atoms with van der Waals surface area (Å²) in [5, 5.41) is 2.95. The van der Waals surface area contributed by atoms with Crippen molar-refractivity contribution in [1.82, 2.24) is 4.98 Å². The summed E-state index contributed by atoms with van der Waals surface area (Å²) in [6, 6.07) is 4.11. The van der Waals surface area contributed by atoms with E-state index in [1.165, 1.54) is 12.1 Å². The van der Waals surface area contributed by atoms with Gasteiger partial charge in [-0.3, -0.25) is 0 Å². The number of nitrogens with two attached hydrogens (primary N) is 1. The molecule has 0 bridgehead atoms. The molecule has 2 rings (SSSR count). The second-order valence-corrected chi connectivity index (χ2v) is 5.18. The van der Waals surface area contributed by atoms with Crippen molar-refractivity contribution in [3.8, 4) is 5.75 Å². The second kappa shape index (κ2) is 5.46. The number of benzene rings is 1. The monoisotopic (exact) mass is 266 g/mol. The Morgan fingerprint density at radius 2 is 2.28 bits per heavy atom. The minimum Gasteiger partial charge on any atom is -0.487 e. The van der Waals surface area contributed by atoms with Crippen LogP contribution in [0, 0.1) is 12.7 Å². The van der Waals surface area contributed by atoms with Crippen molar-refractivity contribution in [2.45, 2.75) is 26.5 Å². The predicted octanol–water partition coefficient (Wildman–Crippen LogP) is 3.19. The quantitative estimate of drug-likeness (QED) is 0.924. The Bertz CT molecular complexity index is 540. The molecule has 0 spiro atoms. The molecule has 5 heteroatoms. The standard InChI is InChI=1S/C13H15FN2OS/c1-8(15)12-5-10(14)3-4-13(12)17-6-11-7-18-9(2)16-11/h3-5,7-8H,6,15H2,1-2H3/t8-/m0/s1. The first-order valence-corrected chi connectivity index (χ1v) is 6.53. The molecule has 18 heavy (non-hydrogen) atoms. The summed E-state index contributed by atoms with van der Waals surface area (Å²) in [6.45, 7) is 4.11. The van der Waals surface area contributed by atoms with Gasteiger partial charge >= 0.3 is 0 Å². The van der Waals surface area contributed by atoms with Crippen LogP contribution in [0.2, 0.25) is 0 Å². The Kier molecular flexibility index (Phi) is 3.93. The molecule has 0 saturated heterocycles. The molecule has 0 radical (unpaired) electrons. The van der Waals surface area contributed by atoms with Gasteiger partial charge in [-0.1, -0.05) is 0 Å². The van der Waals surface area contributed by atoms with Crippen LogP contribution in [0.4, 0.5) is 4.39 Å². The lowest BCUT2D eigenvalue weighted by atomic mass is 10.1. The third-order valence-electron chi connectivity index (χ3n) is 2.50. The van der Waals surface area contributed by atoms with E-state index in [1.54, 1.807) is 24.3 Å². The zero-order valence-electron chi connectivity index (χ0n) is 10.3. The van der Waals surface area contributed by atoms with Gasteiger partial charge in [-0.15, -0.1) is 11.3 Å². The normalized spacial score (nSPS) is 12.4. The fourth-order valence-corrected chi connectivity index (χ4v) is 2.23. The van der Waals surface area contributed by atoms with Gasteiger partial charge in [0, 0.05) is 17.0 Å². The molecule has 96 valence electrons. The van der Waals surface area contributed by atoms with E-state index in [-0.39, 0.29) is 11.9 Å². The van der Waals surface area contributed by atoms with Gasteiger partial charge in [-0.05, 0) is 32.0 Å². The van der Waals surface area contributed by atoms with Crippen LogP contribution in [-0.2, 0) is 6.61 Å². The zero-order valence-corrected chi connectivity index (χ0v) is 11.1. The highest BCUT2D eigenvalue weighted by Gasteiger charge is 2.10. The van der Waals surface area contributed by atoms with Crippen LogP contribution in [0.1, 0.15) is 29.2 Å². The molecule has 1 aromatic carbocycles. The molecule has 0 amide bonds. The first-order valence-electron chi connectivity index (χ1n) is 5.65. The van der Waals surface area contributed by atoms with Crippen molar-refractivity contribution in [1.29, 1.82) is 0 Å². The summed E-state index contributed by atoms with van der Waals surface area (Å²) in [5.74, 6) is 0.302. The number of nitrogens with zero attached hydrogens (tertiary/aromatic N) is 1. The van der Waals surface area contributed by atoms with E-state index in [9.17, 15) is 4.39 Å². The van der Waals surface area contributed by atoms with E-state index in [2.05, 4.69) is 4.98 Å².